The summed E-state index contributed by atoms with van der Waals surface area (Å²) in [6, 6.07) is 14.4. The number of nitrogens with zero attached hydrogens (tertiary/aromatic N) is 1. The molecule has 3 aromatic rings. The first-order valence-electron chi connectivity index (χ1n) is 9.27. The average Bonchev–Trinajstić information content (AvgIpc) is 3.14. The zero-order valence-corrected chi connectivity index (χ0v) is 16.4. The predicted octanol–water partition coefficient (Wildman–Crippen LogP) is 2.67. The van der Waals surface area contributed by atoms with Crippen LogP contribution in [0.1, 0.15) is 22.8 Å². The monoisotopic (exact) mass is 393 g/mol. The number of anilines is 1. The third kappa shape index (κ3) is 4.82. The highest BCUT2D eigenvalue weighted by molar-refractivity contribution is 5.98. The van der Waals surface area contributed by atoms with Crippen molar-refractivity contribution < 1.29 is 19.1 Å². The number of ether oxygens (including phenoxy) is 1. The molecule has 150 valence electrons. The molecule has 0 aliphatic rings. The number of benzene rings is 2. The van der Waals surface area contributed by atoms with Crippen LogP contribution in [-0.4, -0.2) is 43.0 Å². The lowest BCUT2D eigenvalue weighted by atomic mass is 10.1. The first kappa shape index (κ1) is 20.1. The lowest BCUT2D eigenvalue weighted by Crippen LogP contribution is -2.40. The Morgan fingerprint density at radius 1 is 1.07 bits per heavy atom. The number of amides is 2. The Morgan fingerprint density at radius 3 is 2.48 bits per heavy atom. The van der Waals surface area contributed by atoms with Crippen molar-refractivity contribution >= 4 is 34.4 Å². The second-order valence-electron chi connectivity index (χ2n) is 6.60. The van der Waals surface area contributed by atoms with Crippen molar-refractivity contribution in [2.75, 3.05) is 25.1 Å². The molecular weight excluding hydrogens is 370 g/mol. The molecule has 0 unspecified atom stereocenters. The summed E-state index contributed by atoms with van der Waals surface area (Å²) in [5, 5.41) is 4.00. The SMILES string of the molecule is COC(=O)c1ccc(N(CC(=O)NCCc2c[nH]c3ccccc23)C(C)=O)cc1. The maximum Gasteiger partial charge on any atom is 0.337 e. The van der Waals surface area contributed by atoms with Crippen LogP contribution in [0.5, 0.6) is 0 Å². The number of methoxy groups -OCH3 is 1. The number of esters is 1. The minimum absolute atomic E-state index is 0.0964. The summed E-state index contributed by atoms with van der Waals surface area (Å²) in [6.45, 7) is 1.77. The molecule has 0 aliphatic carbocycles. The Balaban J connectivity index is 1.58. The van der Waals surface area contributed by atoms with E-state index in [1.165, 1.54) is 18.9 Å². The average molecular weight is 393 g/mol. The minimum atomic E-state index is -0.457. The van der Waals surface area contributed by atoms with E-state index in [2.05, 4.69) is 15.0 Å². The molecule has 7 heteroatoms. The summed E-state index contributed by atoms with van der Waals surface area (Å²) in [6.07, 6.45) is 2.63. The van der Waals surface area contributed by atoms with Crippen LogP contribution < -0.4 is 10.2 Å². The molecule has 3 rings (SSSR count). The van der Waals surface area contributed by atoms with Crippen LogP contribution in [0.4, 0.5) is 5.69 Å². The molecule has 29 heavy (non-hydrogen) atoms. The highest BCUT2D eigenvalue weighted by atomic mass is 16.5. The zero-order valence-electron chi connectivity index (χ0n) is 16.4. The molecule has 7 nitrogen and oxygen atoms in total. The minimum Gasteiger partial charge on any atom is -0.465 e. The standard InChI is InChI=1S/C22H23N3O4/c1-15(26)25(18-9-7-16(8-10-18)22(28)29-2)14-21(27)23-12-11-17-13-24-20-6-4-3-5-19(17)20/h3-10,13,24H,11-12,14H2,1-2H3,(H,23,27). The molecule has 0 spiro atoms. The van der Waals surface area contributed by atoms with E-state index >= 15 is 0 Å². The van der Waals surface area contributed by atoms with Crippen molar-refractivity contribution in [3.05, 3.63) is 65.9 Å². The molecule has 0 bridgehead atoms. The van der Waals surface area contributed by atoms with Crippen molar-refractivity contribution in [2.24, 2.45) is 0 Å². The van der Waals surface area contributed by atoms with Crippen molar-refractivity contribution in [3.63, 3.8) is 0 Å². The summed E-state index contributed by atoms with van der Waals surface area (Å²) < 4.78 is 4.66. The Bertz CT molecular complexity index is 1020. The maximum absolute atomic E-state index is 12.4. The van der Waals surface area contributed by atoms with Crippen LogP contribution in [0.25, 0.3) is 10.9 Å². The fourth-order valence-electron chi connectivity index (χ4n) is 3.15. The van der Waals surface area contributed by atoms with Crippen LogP contribution in [0, 0.1) is 0 Å². The number of carbonyl (C=O) groups is 3. The number of hydrogen-bond acceptors (Lipinski definition) is 4. The normalized spacial score (nSPS) is 10.6. The molecule has 2 N–H and O–H groups in total. The Kier molecular flexibility index (Phi) is 6.29. The Hall–Kier alpha value is -3.61. The van der Waals surface area contributed by atoms with E-state index in [0.29, 0.717) is 24.2 Å². The number of carbonyl (C=O) groups excluding carboxylic acids is 3. The number of rotatable bonds is 7. The molecule has 0 fully saturated rings. The highest BCUT2D eigenvalue weighted by Crippen LogP contribution is 2.18. The van der Waals surface area contributed by atoms with E-state index in [9.17, 15) is 14.4 Å². The van der Waals surface area contributed by atoms with Crippen molar-refractivity contribution in [1.29, 1.82) is 0 Å². The van der Waals surface area contributed by atoms with E-state index in [4.69, 9.17) is 0 Å². The number of fused-ring (bicyclic) bond motifs is 1. The first-order valence-corrected chi connectivity index (χ1v) is 9.27. The fraction of sp³-hybridized carbons (Fsp3) is 0.227. The second kappa shape index (κ2) is 9.05. The van der Waals surface area contributed by atoms with Gasteiger partial charge in [-0.1, -0.05) is 18.2 Å². The number of hydrogen-bond donors (Lipinski definition) is 2. The van der Waals surface area contributed by atoms with Gasteiger partial charge < -0.3 is 19.9 Å². The second-order valence-corrected chi connectivity index (χ2v) is 6.60. The number of aromatic amines is 1. The molecule has 0 radical (unpaired) electrons. The van der Waals surface area contributed by atoms with E-state index < -0.39 is 5.97 Å². The van der Waals surface area contributed by atoms with Crippen molar-refractivity contribution in [3.8, 4) is 0 Å². The summed E-state index contributed by atoms with van der Waals surface area (Å²) in [7, 11) is 1.30. The molecule has 2 aromatic carbocycles. The van der Waals surface area contributed by atoms with Gasteiger partial charge in [0.1, 0.15) is 6.54 Å². The quantitative estimate of drug-likeness (QED) is 0.604. The van der Waals surface area contributed by atoms with Gasteiger partial charge in [-0.25, -0.2) is 4.79 Å². The van der Waals surface area contributed by atoms with Crippen LogP contribution in [0.3, 0.4) is 0 Å². The van der Waals surface area contributed by atoms with Crippen LogP contribution >= 0.6 is 0 Å². The Labute approximate surface area is 168 Å². The number of aromatic nitrogens is 1. The van der Waals surface area contributed by atoms with E-state index in [1.807, 2.05) is 30.5 Å². The first-order chi connectivity index (χ1) is 14.0. The Morgan fingerprint density at radius 2 is 1.79 bits per heavy atom. The van der Waals surface area contributed by atoms with Gasteiger partial charge in [0, 0.05) is 36.3 Å². The third-order valence-corrected chi connectivity index (χ3v) is 4.67. The molecule has 1 heterocycles. The molecule has 0 saturated carbocycles. The smallest absolute Gasteiger partial charge is 0.337 e. The molecule has 0 atom stereocenters. The van der Waals surface area contributed by atoms with Crippen LogP contribution in [0.15, 0.2) is 54.7 Å². The zero-order chi connectivity index (χ0) is 20.8. The van der Waals surface area contributed by atoms with Gasteiger partial charge in [-0.05, 0) is 42.3 Å². The van der Waals surface area contributed by atoms with Gasteiger partial charge in [-0.3, -0.25) is 9.59 Å². The fourth-order valence-corrected chi connectivity index (χ4v) is 3.15. The van der Waals surface area contributed by atoms with Crippen molar-refractivity contribution in [1.82, 2.24) is 10.3 Å². The topological polar surface area (TPSA) is 91.5 Å². The van der Waals surface area contributed by atoms with E-state index in [1.54, 1.807) is 24.3 Å². The highest BCUT2D eigenvalue weighted by Gasteiger charge is 2.16. The summed E-state index contributed by atoms with van der Waals surface area (Å²) >= 11 is 0. The number of para-hydroxylation sites is 1. The molecule has 2 amide bonds. The lowest BCUT2D eigenvalue weighted by Gasteiger charge is -2.21. The number of nitrogens with one attached hydrogen (secondary N) is 2. The van der Waals surface area contributed by atoms with Crippen LogP contribution in [0.2, 0.25) is 0 Å². The molecular formula is C22H23N3O4. The summed E-state index contributed by atoms with van der Waals surface area (Å²) in [5.74, 6) is -0.972. The van der Waals surface area contributed by atoms with Gasteiger partial charge in [0.25, 0.3) is 0 Å². The van der Waals surface area contributed by atoms with Gasteiger partial charge in [0.05, 0.1) is 12.7 Å². The van der Waals surface area contributed by atoms with Gasteiger partial charge in [-0.15, -0.1) is 0 Å². The maximum atomic E-state index is 12.4. The van der Waals surface area contributed by atoms with E-state index in [-0.39, 0.29) is 18.4 Å². The molecule has 0 aliphatic heterocycles. The summed E-state index contributed by atoms with van der Waals surface area (Å²) in [5.41, 5.74) is 3.11. The van der Waals surface area contributed by atoms with E-state index in [0.717, 1.165) is 16.5 Å². The molecule has 0 saturated heterocycles. The van der Waals surface area contributed by atoms with Crippen LogP contribution in [-0.2, 0) is 20.7 Å². The molecule has 1 aromatic heterocycles. The van der Waals surface area contributed by atoms with Gasteiger partial charge in [0.2, 0.25) is 11.8 Å². The van der Waals surface area contributed by atoms with Gasteiger partial charge in [0.15, 0.2) is 0 Å². The predicted molar refractivity (Wildman–Crippen MR) is 111 cm³/mol. The third-order valence-electron chi connectivity index (χ3n) is 4.67. The van der Waals surface area contributed by atoms with Crippen molar-refractivity contribution in [2.45, 2.75) is 13.3 Å². The van der Waals surface area contributed by atoms with Gasteiger partial charge >= 0.3 is 5.97 Å². The number of H-pyrrole nitrogens is 1. The largest absolute Gasteiger partial charge is 0.465 e. The lowest BCUT2D eigenvalue weighted by molar-refractivity contribution is -0.123. The summed E-state index contributed by atoms with van der Waals surface area (Å²) in [4.78, 5) is 40.5. The van der Waals surface area contributed by atoms with Gasteiger partial charge in [-0.2, -0.15) is 0 Å².